The van der Waals surface area contributed by atoms with Crippen LogP contribution in [-0.2, 0) is 14.8 Å². The van der Waals surface area contributed by atoms with Crippen LogP contribution in [0.2, 0.25) is 5.02 Å². The molecule has 2 rings (SSSR count). The van der Waals surface area contributed by atoms with Crippen LogP contribution in [0.15, 0.2) is 23.1 Å². The number of nitrogens with zero attached hydrogens (tertiary/aromatic N) is 1. The van der Waals surface area contributed by atoms with E-state index in [-0.39, 0.29) is 22.9 Å². The summed E-state index contributed by atoms with van der Waals surface area (Å²) in [7, 11) is -2.67. The number of hydrogen-bond acceptors (Lipinski definition) is 5. The van der Waals surface area contributed by atoms with Crippen molar-refractivity contribution in [2.45, 2.75) is 23.5 Å². The van der Waals surface area contributed by atoms with Gasteiger partial charge in [0.2, 0.25) is 10.0 Å². The summed E-state index contributed by atoms with van der Waals surface area (Å²) in [5, 5.41) is 18.7. The molecule has 116 valence electrons. The van der Waals surface area contributed by atoms with Gasteiger partial charge in [0.15, 0.2) is 0 Å². The minimum absolute atomic E-state index is 0.102. The van der Waals surface area contributed by atoms with Crippen LogP contribution >= 0.6 is 11.6 Å². The first kappa shape index (κ1) is 16.0. The normalized spacial score (nSPS) is 23.2. The Morgan fingerprint density at radius 2 is 2.14 bits per heavy atom. The van der Waals surface area contributed by atoms with Crippen LogP contribution in [0.3, 0.4) is 0 Å². The van der Waals surface area contributed by atoms with E-state index >= 15 is 0 Å². The van der Waals surface area contributed by atoms with Crippen LogP contribution in [0.5, 0.6) is 5.75 Å². The van der Waals surface area contributed by atoms with Gasteiger partial charge in [-0.05, 0) is 18.2 Å². The molecule has 0 bridgehead atoms. The molecule has 0 aliphatic carbocycles. The number of aliphatic hydroxyl groups excluding tert-OH is 1. The van der Waals surface area contributed by atoms with E-state index in [4.69, 9.17) is 21.4 Å². The molecule has 21 heavy (non-hydrogen) atoms. The summed E-state index contributed by atoms with van der Waals surface area (Å²) in [6, 6.07) is 2.58. The molecular weight excluding hydrogens is 322 g/mol. The van der Waals surface area contributed by atoms with Gasteiger partial charge in [-0.25, -0.2) is 8.42 Å². The van der Waals surface area contributed by atoms with E-state index in [9.17, 15) is 18.3 Å². The number of rotatable bonds is 4. The molecule has 1 fully saturated rings. The maximum atomic E-state index is 12.5. The number of sulfonamides is 1. The van der Waals surface area contributed by atoms with Crippen molar-refractivity contribution in [2.24, 2.45) is 0 Å². The predicted octanol–water partition coefficient (Wildman–Crippen LogP) is 0.557. The lowest BCUT2D eigenvalue weighted by molar-refractivity contribution is -0.140. The molecule has 1 saturated heterocycles. The number of carboxylic acids is 1. The molecule has 1 heterocycles. The first-order chi connectivity index (χ1) is 9.77. The Hall–Kier alpha value is -1.35. The zero-order chi connectivity index (χ0) is 15.8. The van der Waals surface area contributed by atoms with Gasteiger partial charge in [-0.15, -0.1) is 0 Å². The van der Waals surface area contributed by atoms with Crippen LogP contribution in [0.4, 0.5) is 0 Å². The van der Waals surface area contributed by atoms with Crippen LogP contribution in [0.25, 0.3) is 0 Å². The fourth-order valence-electron chi connectivity index (χ4n) is 2.22. The fourth-order valence-corrected chi connectivity index (χ4v) is 4.20. The quantitative estimate of drug-likeness (QED) is 0.833. The molecule has 1 aliphatic heterocycles. The van der Waals surface area contributed by atoms with E-state index in [0.29, 0.717) is 5.75 Å². The first-order valence-electron chi connectivity index (χ1n) is 6.03. The summed E-state index contributed by atoms with van der Waals surface area (Å²) in [5.41, 5.74) is 0. The molecule has 0 aromatic heterocycles. The van der Waals surface area contributed by atoms with Crippen molar-refractivity contribution < 1.29 is 28.2 Å². The van der Waals surface area contributed by atoms with Gasteiger partial charge < -0.3 is 14.9 Å². The smallest absolute Gasteiger partial charge is 0.322 e. The second-order valence-electron chi connectivity index (χ2n) is 4.61. The average Bonchev–Trinajstić information content (AvgIpc) is 2.81. The maximum Gasteiger partial charge on any atom is 0.322 e. The monoisotopic (exact) mass is 335 g/mol. The lowest BCUT2D eigenvalue weighted by Crippen LogP contribution is -2.40. The van der Waals surface area contributed by atoms with E-state index in [0.717, 1.165) is 4.31 Å². The Kier molecular flexibility index (Phi) is 4.43. The molecule has 2 N–H and O–H groups in total. The molecule has 0 spiro atoms. The molecule has 1 aliphatic rings. The molecular formula is C12H14ClNO6S. The van der Waals surface area contributed by atoms with Gasteiger partial charge in [0.25, 0.3) is 0 Å². The Labute approximate surface area is 126 Å². The topological polar surface area (TPSA) is 104 Å². The SMILES string of the molecule is COc1ccc(S(=O)(=O)N2CC(O)CC2C(=O)O)cc1Cl. The van der Waals surface area contributed by atoms with Crippen molar-refractivity contribution in [3.63, 3.8) is 0 Å². The number of β-amino-alcohol motifs (C(OH)–C–C–N with tert-alkyl or cyclic N) is 1. The third kappa shape index (κ3) is 2.98. The van der Waals surface area contributed by atoms with Gasteiger partial charge in [0, 0.05) is 13.0 Å². The van der Waals surface area contributed by atoms with Gasteiger partial charge in [0.1, 0.15) is 11.8 Å². The molecule has 1 aromatic carbocycles. The summed E-state index contributed by atoms with van der Waals surface area (Å²) >= 11 is 5.90. The molecule has 7 nitrogen and oxygen atoms in total. The second kappa shape index (κ2) is 5.80. The van der Waals surface area contributed by atoms with Crippen LogP contribution in [0, 0.1) is 0 Å². The van der Waals surface area contributed by atoms with E-state index in [1.165, 1.54) is 25.3 Å². The molecule has 9 heteroatoms. The molecule has 1 aromatic rings. The summed E-state index contributed by atoms with van der Waals surface area (Å²) < 4.78 is 30.7. The van der Waals surface area contributed by atoms with Gasteiger partial charge in [-0.2, -0.15) is 4.31 Å². The Bertz CT molecular complexity index is 662. The lowest BCUT2D eigenvalue weighted by atomic mass is 10.2. The van der Waals surface area contributed by atoms with Gasteiger partial charge in [-0.3, -0.25) is 4.79 Å². The van der Waals surface area contributed by atoms with E-state index in [2.05, 4.69) is 0 Å². The Morgan fingerprint density at radius 3 is 2.67 bits per heavy atom. The highest BCUT2D eigenvalue weighted by Crippen LogP contribution is 2.31. The van der Waals surface area contributed by atoms with Crippen molar-refractivity contribution in [3.05, 3.63) is 23.2 Å². The number of halogens is 1. The van der Waals surface area contributed by atoms with E-state index in [1.54, 1.807) is 0 Å². The zero-order valence-corrected chi connectivity index (χ0v) is 12.6. The van der Waals surface area contributed by atoms with Crippen molar-refractivity contribution >= 4 is 27.6 Å². The maximum absolute atomic E-state index is 12.5. The number of methoxy groups -OCH3 is 1. The number of ether oxygens (including phenoxy) is 1. The first-order valence-corrected chi connectivity index (χ1v) is 7.85. The molecule has 0 radical (unpaired) electrons. The van der Waals surface area contributed by atoms with Gasteiger partial charge in [-0.1, -0.05) is 11.6 Å². The fraction of sp³-hybridized carbons (Fsp3) is 0.417. The number of aliphatic carboxylic acids is 1. The number of benzene rings is 1. The minimum Gasteiger partial charge on any atom is -0.495 e. The van der Waals surface area contributed by atoms with Crippen LogP contribution in [0.1, 0.15) is 6.42 Å². The number of aliphatic hydroxyl groups is 1. The molecule has 0 amide bonds. The number of carboxylic acid groups (broad SMARTS) is 1. The van der Waals surface area contributed by atoms with E-state index < -0.39 is 28.1 Å². The van der Waals surface area contributed by atoms with Crippen molar-refractivity contribution in [3.8, 4) is 5.75 Å². The summed E-state index contributed by atoms with van der Waals surface area (Å²) in [6.07, 6.45) is -1.15. The standard InChI is InChI=1S/C12H14ClNO6S/c1-20-11-3-2-8(5-9(11)13)21(18,19)14-6-7(15)4-10(14)12(16)17/h2-3,5,7,10,15H,4,6H2,1H3,(H,16,17). The highest BCUT2D eigenvalue weighted by atomic mass is 35.5. The second-order valence-corrected chi connectivity index (χ2v) is 6.91. The largest absolute Gasteiger partial charge is 0.495 e. The molecule has 2 unspecified atom stereocenters. The Morgan fingerprint density at radius 1 is 1.48 bits per heavy atom. The summed E-state index contributed by atoms with van der Waals surface area (Å²) in [6.45, 7) is -0.261. The van der Waals surface area contributed by atoms with Gasteiger partial charge >= 0.3 is 5.97 Å². The van der Waals surface area contributed by atoms with Crippen LogP contribution in [-0.4, -0.2) is 54.7 Å². The average molecular weight is 336 g/mol. The van der Waals surface area contributed by atoms with Crippen molar-refractivity contribution in [2.75, 3.05) is 13.7 Å². The number of hydrogen-bond donors (Lipinski definition) is 2. The highest BCUT2D eigenvalue weighted by molar-refractivity contribution is 7.89. The van der Waals surface area contributed by atoms with E-state index in [1.807, 2.05) is 0 Å². The molecule has 0 saturated carbocycles. The molecule has 2 atom stereocenters. The van der Waals surface area contributed by atoms with Gasteiger partial charge in [0.05, 0.1) is 23.1 Å². The summed E-state index contributed by atoms with van der Waals surface area (Å²) in [4.78, 5) is 11.0. The Balaban J connectivity index is 2.42. The van der Waals surface area contributed by atoms with Crippen molar-refractivity contribution in [1.29, 1.82) is 0 Å². The third-order valence-corrected chi connectivity index (χ3v) is 5.41. The van der Waals surface area contributed by atoms with Crippen LogP contribution < -0.4 is 4.74 Å². The number of carbonyl (C=O) groups is 1. The highest BCUT2D eigenvalue weighted by Gasteiger charge is 2.43. The lowest BCUT2D eigenvalue weighted by Gasteiger charge is -2.21. The zero-order valence-electron chi connectivity index (χ0n) is 11.1. The van der Waals surface area contributed by atoms with Crippen molar-refractivity contribution in [1.82, 2.24) is 4.31 Å². The minimum atomic E-state index is -4.06. The predicted molar refractivity (Wildman–Crippen MR) is 73.9 cm³/mol. The summed E-state index contributed by atoms with van der Waals surface area (Å²) in [5.74, 6) is -0.985. The third-order valence-electron chi connectivity index (χ3n) is 3.25.